The Kier molecular flexibility index (Phi) is 6.97. The van der Waals surface area contributed by atoms with Gasteiger partial charge in [0.2, 0.25) is 0 Å². The van der Waals surface area contributed by atoms with E-state index in [2.05, 4.69) is 4.98 Å². The summed E-state index contributed by atoms with van der Waals surface area (Å²) in [6, 6.07) is 13.5. The van der Waals surface area contributed by atoms with Crippen molar-refractivity contribution >= 4 is 5.91 Å². The molecule has 1 aromatic heterocycles. The fourth-order valence-corrected chi connectivity index (χ4v) is 3.03. The van der Waals surface area contributed by atoms with Gasteiger partial charge in [-0.1, -0.05) is 18.2 Å². The van der Waals surface area contributed by atoms with Crippen LogP contribution in [0, 0.1) is 5.82 Å². The van der Waals surface area contributed by atoms with Crippen molar-refractivity contribution in [1.29, 1.82) is 0 Å². The van der Waals surface area contributed by atoms with Crippen LogP contribution in [0.5, 0.6) is 5.75 Å². The first-order chi connectivity index (χ1) is 14.1. The van der Waals surface area contributed by atoms with E-state index in [9.17, 15) is 9.18 Å². The van der Waals surface area contributed by atoms with Crippen LogP contribution in [0.1, 0.15) is 21.7 Å². The summed E-state index contributed by atoms with van der Waals surface area (Å²) in [5.41, 5.74) is 1.36. The van der Waals surface area contributed by atoms with Gasteiger partial charge in [0.15, 0.2) is 0 Å². The minimum absolute atomic E-state index is 0.266. The monoisotopic (exact) mass is 397 g/mol. The zero-order valence-electron chi connectivity index (χ0n) is 16.5. The number of benzene rings is 2. The van der Waals surface area contributed by atoms with Crippen LogP contribution in [0.3, 0.4) is 0 Å². The molecule has 0 fully saturated rings. The van der Waals surface area contributed by atoms with Gasteiger partial charge in [0.1, 0.15) is 17.4 Å². The Hall–Kier alpha value is -3.19. The molecule has 0 radical (unpaired) electrons. The number of hydrogen-bond acceptors (Lipinski definition) is 4. The molecule has 0 aliphatic heterocycles. The van der Waals surface area contributed by atoms with E-state index >= 15 is 0 Å². The number of halogens is 1. The Labute approximate surface area is 169 Å². The fourth-order valence-electron chi connectivity index (χ4n) is 3.03. The highest BCUT2D eigenvalue weighted by Crippen LogP contribution is 2.16. The highest BCUT2D eigenvalue weighted by atomic mass is 19.1. The third-order valence-electron chi connectivity index (χ3n) is 4.55. The molecule has 1 heterocycles. The fraction of sp³-hybridized carbons (Fsp3) is 0.273. The van der Waals surface area contributed by atoms with Gasteiger partial charge in [-0.05, 0) is 35.9 Å². The van der Waals surface area contributed by atoms with Crippen molar-refractivity contribution in [1.82, 2.24) is 14.5 Å². The topological polar surface area (TPSA) is 56.6 Å². The first kappa shape index (κ1) is 20.5. The number of carbonyl (C=O) groups excluding carboxylic acids is 1. The van der Waals surface area contributed by atoms with E-state index in [1.807, 2.05) is 35.0 Å². The molecule has 152 valence electrons. The van der Waals surface area contributed by atoms with Crippen LogP contribution in [0.15, 0.2) is 60.9 Å². The Bertz CT molecular complexity index is 958. The summed E-state index contributed by atoms with van der Waals surface area (Å²) in [7, 11) is 3.21. The lowest BCUT2D eigenvalue weighted by molar-refractivity contribution is 0.0673. The minimum Gasteiger partial charge on any atom is -0.497 e. The molecule has 1 amide bonds. The maximum Gasteiger partial charge on any atom is 0.254 e. The predicted molar refractivity (Wildman–Crippen MR) is 107 cm³/mol. The summed E-state index contributed by atoms with van der Waals surface area (Å²) < 4.78 is 26.0. The molecule has 29 heavy (non-hydrogen) atoms. The molecule has 0 bridgehead atoms. The standard InChI is InChI=1S/C22H24FN3O3/c1-28-12-11-26(22(27)18-6-4-7-19(23)14-18)16-21-24-9-10-25(21)15-17-5-3-8-20(13-17)29-2/h3-10,13-14H,11-12,15-16H2,1-2H3. The number of amides is 1. The highest BCUT2D eigenvalue weighted by molar-refractivity contribution is 5.94. The molecule has 0 saturated carbocycles. The zero-order chi connectivity index (χ0) is 20.6. The van der Waals surface area contributed by atoms with E-state index in [0.29, 0.717) is 25.3 Å². The summed E-state index contributed by atoms with van der Waals surface area (Å²) in [5, 5.41) is 0. The number of aromatic nitrogens is 2. The van der Waals surface area contributed by atoms with Gasteiger partial charge in [0.05, 0.1) is 20.3 Å². The zero-order valence-corrected chi connectivity index (χ0v) is 16.5. The van der Waals surface area contributed by atoms with Gasteiger partial charge in [-0.3, -0.25) is 4.79 Å². The second-order valence-electron chi connectivity index (χ2n) is 6.55. The summed E-state index contributed by atoms with van der Waals surface area (Å²) in [4.78, 5) is 19.0. The second kappa shape index (κ2) is 9.84. The normalized spacial score (nSPS) is 10.7. The van der Waals surface area contributed by atoms with Crippen LogP contribution >= 0.6 is 0 Å². The molecule has 3 aromatic rings. The summed E-state index contributed by atoms with van der Waals surface area (Å²) >= 11 is 0. The third-order valence-corrected chi connectivity index (χ3v) is 4.55. The van der Waals surface area contributed by atoms with Crippen LogP contribution < -0.4 is 4.74 Å². The number of imidazole rings is 1. The summed E-state index contributed by atoms with van der Waals surface area (Å²) in [5.74, 6) is 0.806. The van der Waals surface area contributed by atoms with E-state index in [0.717, 1.165) is 17.1 Å². The van der Waals surface area contributed by atoms with Gasteiger partial charge in [-0.15, -0.1) is 0 Å². The molecule has 6 nitrogen and oxygen atoms in total. The molecule has 3 rings (SSSR count). The van der Waals surface area contributed by atoms with Gasteiger partial charge in [-0.2, -0.15) is 0 Å². The molecule has 0 saturated heterocycles. The average molecular weight is 397 g/mol. The smallest absolute Gasteiger partial charge is 0.254 e. The van der Waals surface area contributed by atoms with Crippen molar-refractivity contribution in [3.63, 3.8) is 0 Å². The quantitative estimate of drug-likeness (QED) is 0.556. The number of carbonyl (C=O) groups is 1. The van der Waals surface area contributed by atoms with Crippen molar-refractivity contribution < 1.29 is 18.7 Å². The van der Waals surface area contributed by atoms with Gasteiger partial charge >= 0.3 is 0 Å². The highest BCUT2D eigenvalue weighted by Gasteiger charge is 2.19. The Morgan fingerprint density at radius 1 is 1.17 bits per heavy atom. The molecular formula is C22H24FN3O3. The van der Waals surface area contributed by atoms with E-state index in [-0.39, 0.29) is 12.5 Å². The minimum atomic E-state index is -0.443. The van der Waals surface area contributed by atoms with Crippen LogP contribution in [0.2, 0.25) is 0 Å². The largest absolute Gasteiger partial charge is 0.497 e. The van der Waals surface area contributed by atoms with Gasteiger partial charge < -0.3 is 18.9 Å². The number of nitrogens with zero attached hydrogens (tertiary/aromatic N) is 3. The Balaban J connectivity index is 1.79. The van der Waals surface area contributed by atoms with Gasteiger partial charge in [0, 0.05) is 38.2 Å². The number of methoxy groups -OCH3 is 2. The number of ether oxygens (including phenoxy) is 2. The van der Waals surface area contributed by atoms with Crippen LogP contribution in [-0.4, -0.2) is 47.7 Å². The van der Waals surface area contributed by atoms with E-state index in [1.54, 1.807) is 31.4 Å². The first-order valence-electron chi connectivity index (χ1n) is 9.27. The number of hydrogen-bond donors (Lipinski definition) is 0. The second-order valence-corrected chi connectivity index (χ2v) is 6.55. The van der Waals surface area contributed by atoms with Crippen LogP contribution in [0.25, 0.3) is 0 Å². The Morgan fingerprint density at radius 3 is 2.76 bits per heavy atom. The van der Waals surface area contributed by atoms with Crippen molar-refractivity contribution in [2.75, 3.05) is 27.4 Å². The third kappa shape index (κ3) is 5.42. The molecular weight excluding hydrogens is 373 g/mol. The van der Waals surface area contributed by atoms with Crippen molar-refractivity contribution in [3.05, 3.63) is 83.7 Å². The molecule has 0 aliphatic rings. The van der Waals surface area contributed by atoms with E-state index in [4.69, 9.17) is 9.47 Å². The lowest BCUT2D eigenvalue weighted by Gasteiger charge is -2.23. The SMILES string of the molecule is COCCN(Cc1nccn1Cc1cccc(OC)c1)C(=O)c1cccc(F)c1. The molecule has 0 N–H and O–H groups in total. The molecule has 0 spiro atoms. The summed E-state index contributed by atoms with van der Waals surface area (Å²) in [6.07, 6.45) is 3.58. The van der Waals surface area contributed by atoms with Crippen molar-refractivity contribution in [2.45, 2.75) is 13.1 Å². The maximum absolute atomic E-state index is 13.6. The maximum atomic E-state index is 13.6. The lowest BCUT2D eigenvalue weighted by Crippen LogP contribution is -2.34. The average Bonchev–Trinajstić information content (AvgIpc) is 3.17. The van der Waals surface area contributed by atoms with Gasteiger partial charge in [-0.25, -0.2) is 9.37 Å². The molecule has 0 unspecified atom stereocenters. The van der Waals surface area contributed by atoms with Crippen LogP contribution in [0.4, 0.5) is 4.39 Å². The van der Waals surface area contributed by atoms with Gasteiger partial charge in [0.25, 0.3) is 5.91 Å². The van der Waals surface area contributed by atoms with E-state index in [1.165, 1.54) is 18.2 Å². The molecule has 7 heteroatoms. The molecule has 2 aromatic carbocycles. The van der Waals surface area contributed by atoms with Crippen molar-refractivity contribution in [3.8, 4) is 5.75 Å². The molecule has 0 atom stereocenters. The van der Waals surface area contributed by atoms with Crippen LogP contribution in [-0.2, 0) is 17.8 Å². The Morgan fingerprint density at radius 2 is 2.00 bits per heavy atom. The molecule has 0 aliphatic carbocycles. The lowest BCUT2D eigenvalue weighted by atomic mass is 10.2. The van der Waals surface area contributed by atoms with E-state index < -0.39 is 5.82 Å². The predicted octanol–water partition coefficient (Wildman–Crippen LogP) is 3.37. The number of rotatable bonds is 9. The summed E-state index contributed by atoms with van der Waals surface area (Å²) in [6.45, 7) is 1.63. The van der Waals surface area contributed by atoms with Crippen molar-refractivity contribution in [2.24, 2.45) is 0 Å². The first-order valence-corrected chi connectivity index (χ1v) is 9.27.